The number of benzene rings is 2. The molecule has 0 radical (unpaired) electrons. The first kappa shape index (κ1) is 14.2. The summed E-state index contributed by atoms with van der Waals surface area (Å²) in [5.41, 5.74) is 5.29. The van der Waals surface area contributed by atoms with Crippen molar-refractivity contribution in [3.63, 3.8) is 0 Å². The molecule has 2 aromatic carbocycles. The summed E-state index contributed by atoms with van der Waals surface area (Å²) in [4.78, 5) is 12.2. The molecular formula is C17H17N3O2. The van der Waals surface area contributed by atoms with Gasteiger partial charge in [-0.25, -0.2) is 0 Å². The summed E-state index contributed by atoms with van der Waals surface area (Å²) in [6.45, 7) is 0.494. The predicted molar refractivity (Wildman–Crippen MR) is 88.1 cm³/mol. The molecule has 0 atom stereocenters. The molecule has 3 aromatic rings. The second-order valence-corrected chi connectivity index (χ2v) is 4.99. The van der Waals surface area contributed by atoms with E-state index in [0.717, 1.165) is 27.9 Å². The van der Waals surface area contributed by atoms with Gasteiger partial charge in [-0.1, -0.05) is 18.2 Å². The van der Waals surface area contributed by atoms with Gasteiger partial charge in [0.25, 0.3) is 5.56 Å². The Morgan fingerprint density at radius 2 is 1.86 bits per heavy atom. The Bertz CT molecular complexity index is 854. The SMILES string of the molecule is COc1ccc(Cn2c(=O)ccc3c(NN)cccc32)cc1. The van der Waals surface area contributed by atoms with Gasteiger partial charge in [-0.3, -0.25) is 10.6 Å². The van der Waals surface area contributed by atoms with E-state index in [1.165, 1.54) is 0 Å². The fourth-order valence-electron chi connectivity index (χ4n) is 2.53. The number of methoxy groups -OCH3 is 1. The number of hydrazine groups is 1. The Morgan fingerprint density at radius 3 is 2.55 bits per heavy atom. The topological polar surface area (TPSA) is 69.3 Å². The first-order valence-corrected chi connectivity index (χ1v) is 6.95. The number of nitrogens with zero attached hydrogens (tertiary/aromatic N) is 1. The van der Waals surface area contributed by atoms with Crippen LogP contribution in [-0.2, 0) is 6.54 Å². The highest BCUT2D eigenvalue weighted by atomic mass is 16.5. The fourth-order valence-corrected chi connectivity index (χ4v) is 2.53. The molecule has 5 heteroatoms. The van der Waals surface area contributed by atoms with Crippen molar-refractivity contribution in [2.75, 3.05) is 12.5 Å². The molecule has 0 saturated carbocycles. The smallest absolute Gasteiger partial charge is 0.251 e. The van der Waals surface area contributed by atoms with E-state index in [9.17, 15) is 4.79 Å². The van der Waals surface area contributed by atoms with Crippen molar-refractivity contribution in [3.8, 4) is 5.75 Å². The van der Waals surface area contributed by atoms with Crippen molar-refractivity contribution in [2.24, 2.45) is 5.84 Å². The van der Waals surface area contributed by atoms with Gasteiger partial charge in [-0.05, 0) is 35.9 Å². The molecule has 0 saturated heterocycles. The summed E-state index contributed by atoms with van der Waals surface area (Å²) >= 11 is 0. The van der Waals surface area contributed by atoms with Gasteiger partial charge in [0.2, 0.25) is 0 Å². The monoisotopic (exact) mass is 295 g/mol. The van der Waals surface area contributed by atoms with Crippen LogP contribution >= 0.6 is 0 Å². The minimum absolute atomic E-state index is 0.0440. The third-order valence-corrected chi connectivity index (χ3v) is 3.69. The van der Waals surface area contributed by atoms with Gasteiger partial charge >= 0.3 is 0 Å². The highest BCUT2D eigenvalue weighted by Gasteiger charge is 2.07. The number of nitrogens with one attached hydrogen (secondary N) is 1. The minimum Gasteiger partial charge on any atom is -0.497 e. The Balaban J connectivity index is 2.09. The summed E-state index contributed by atoms with van der Waals surface area (Å²) in [6, 6.07) is 16.7. The summed E-state index contributed by atoms with van der Waals surface area (Å²) in [5, 5.41) is 0.915. The Hall–Kier alpha value is -2.79. The van der Waals surface area contributed by atoms with Gasteiger partial charge in [-0.15, -0.1) is 0 Å². The van der Waals surface area contributed by atoms with Crippen molar-refractivity contribution in [3.05, 3.63) is 70.5 Å². The van der Waals surface area contributed by atoms with Crippen LogP contribution in [0.1, 0.15) is 5.56 Å². The third kappa shape index (κ3) is 2.54. The van der Waals surface area contributed by atoms with Gasteiger partial charge < -0.3 is 14.7 Å². The Morgan fingerprint density at radius 1 is 1.09 bits per heavy atom. The molecule has 3 N–H and O–H groups in total. The van der Waals surface area contributed by atoms with Gasteiger partial charge in [0.05, 0.1) is 24.9 Å². The number of nitrogens with two attached hydrogens (primary N) is 1. The average Bonchev–Trinajstić information content (AvgIpc) is 2.57. The zero-order valence-corrected chi connectivity index (χ0v) is 12.2. The molecule has 112 valence electrons. The van der Waals surface area contributed by atoms with E-state index in [-0.39, 0.29) is 5.56 Å². The van der Waals surface area contributed by atoms with E-state index in [2.05, 4.69) is 5.43 Å². The van der Waals surface area contributed by atoms with E-state index in [1.54, 1.807) is 23.8 Å². The number of hydrogen-bond acceptors (Lipinski definition) is 4. The lowest BCUT2D eigenvalue weighted by molar-refractivity contribution is 0.414. The lowest BCUT2D eigenvalue weighted by Crippen LogP contribution is -2.20. The van der Waals surface area contributed by atoms with Crippen molar-refractivity contribution < 1.29 is 4.74 Å². The fraction of sp³-hybridized carbons (Fsp3) is 0.118. The second kappa shape index (κ2) is 5.91. The van der Waals surface area contributed by atoms with E-state index in [4.69, 9.17) is 10.6 Å². The van der Waals surface area contributed by atoms with Crippen LogP contribution in [0.3, 0.4) is 0 Å². The highest BCUT2D eigenvalue weighted by molar-refractivity contribution is 5.91. The third-order valence-electron chi connectivity index (χ3n) is 3.69. The second-order valence-electron chi connectivity index (χ2n) is 4.99. The summed E-state index contributed by atoms with van der Waals surface area (Å²) in [7, 11) is 1.63. The molecular weight excluding hydrogens is 278 g/mol. The molecule has 0 aliphatic rings. The van der Waals surface area contributed by atoms with E-state index in [0.29, 0.717) is 6.54 Å². The largest absolute Gasteiger partial charge is 0.497 e. The van der Waals surface area contributed by atoms with Crippen LogP contribution in [0.4, 0.5) is 5.69 Å². The van der Waals surface area contributed by atoms with E-state index < -0.39 is 0 Å². The molecule has 22 heavy (non-hydrogen) atoms. The van der Waals surface area contributed by atoms with Gasteiger partial charge in [0, 0.05) is 11.5 Å². The van der Waals surface area contributed by atoms with Crippen LogP contribution in [-0.4, -0.2) is 11.7 Å². The zero-order valence-electron chi connectivity index (χ0n) is 12.2. The quantitative estimate of drug-likeness (QED) is 0.572. The number of fused-ring (bicyclic) bond motifs is 1. The maximum atomic E-state index is 12.2. The van der Waals surface area contributed by atoms with Crippen molar-refractivity contribution >= 4 is 16.6 Å². The number of anilines is 1. The molecule has 0 spiro atoms. The molecule has 0 fully saturated rings. The van der Waals surface area contributed by atoms with E-state index in [1.807, 2.05) is 42.5 Å². The van der Waals surface area contributed by atoms with Crippen molar-refractivity contribution in [1.82, 2.24) is 4.57 Å². The summed E-state index contributed by atoms with van der Waals surface area (Å²) in [5.74, 6) is 6.33. The molecule has 0 unspecified atom stereocenters. The first-order chi connectivity index (χ1) is 10.7. The van der Waals surface area contributed by atoms with Crippen molar-refractivity contribution in [1.29, 1.82) is 0 Å². The molecule has 1 heterocycles. The number of ether oxygens (including phenoxy) is 1. The first-order valence-electron chi connectivity index (χ1n) is 6.95. The van der Waals surface area contributed by atoms with Crippen LogP contribution in [0.25, 0.3) is 10.9 Å². The van der Waals surface area contributed by atoms with Crippen LogP contribution in [0.5, 0.6) is 5.75 Å². The Labute approximate surface area is 127 Å². The van der Waals surface area contributed by atoms with Crippen molar-refractivity contribution in [2.45, 2.75) is 6.54 Å². The summed E-state index contributed by atoms with van der Waals surface area (Å²) in [6.07, 6.45) is 0. The maximum Gasteiger partial charge on any atom is 0.251 e. The number of nitrogen functional groups attached to an aromatic ring is 1. The highest BCUT2D eigenvalue weighted by Crippen LogP contribution is 2.22. The van der Waals surface area contributed by atoms with Crippen LogP contribution in [0.15, 0.2) is 59.4 Å². The molecule has 0 bridgehead atoms. The number of hydrogen-bond donors (Lipinski definition) is 2. The van der Waals surface area contributed by atoms with Crippen LogP contribution in [0.2, 0.25) is 0 Å². The van der Waals surface area contributed by atoms with Gasteiger partial charge in [0.1, 0.15) is 5.75 Å². The molecule has 1 aromatic heterocycles. The van der Waals surface area contributed by atoms with Crippen LogP contribution < -0.4 is 21.6 Å². The maximum absolute atomic E-state index is 12.2. The Kier molecular flexibility index (Phi) is 3.80. The number of pyridine rings is 1. The minimum atomic E-state index is -0.0440. The predicted octanol–water partition coefficient (Wildman–Crippen LogP) is 2.34. The molecule has 0 amide bonds. The lowest BCUT2D eigenvalue weighted by Gasteiger charge is -2.13. The number of aromatic nitrogens is 1. The number of rotatable bonds is 4. The average molecular weight is 295 g/mol. The van der Waals surface area contributed by atoms with E-state index >= 15 is 0 Å². The molecule has 0 aliphatic carbocycles. The normalized spacial score (nSPS) is 10.6. The molecule has 0 aliphatic heterocycles. The standard InChI is InChI=1S/C17H17N3O2/c1-22-13-7-5-12(6-8-13)11-20-16-4-2-3-15(19-18)14(16)9-10-17(20)21/h2-10,19H,11,18H2,1H3. The summed E-state index contributed by atoms with van der Waals surface area (Å²) < 4.78 is 6.89. The van der Waals surface area contributed by atoms with Gasteiger partial charge in [0.15, 0.2) is 0 Å². The van der Waals surface area contributed by atoms with Crippen LogP contribution in [0, 0.1) is 0 Å². The zero-order chi connectivity index (χ0) is 15.5. The molecule has 5 nitrogen and oxygen atoms in total. The van der Waals surface area contributed by atoms with Gasteiger partial charge in [-0.2, -0.15) is 0 Å². The lowest BCUT2D eigenvalue weighted by atomic mass is 10.1. The molecule has 3 rings (SSSR count).